The Morgan fingerprint density at radius 2 is 2.26 bits per heavy atom. The van der Waals surface area contributed by atoms with Crippen molar-refractivity contribution in [3.8, 4) is 6.07 Å². The number of guanidine groups is 1. The van der Waals surface area contributed by atoms with E-state index in [0.717, 1.165) is 0 Å². The summed E-state index contributed by atoms with van der Waals surface area (Å²) >= 11 is 0. The molecule has 0 amide bonds. The molecule has 1 unspecified atom stereocenters. The summed E-state index contributed by atoms with van der Waals surface area (Å²) < 4.78 is 6.96. The summed E-state index contributed by atoms with van der Waals surface area (Å²) in [6, 6.07) is 5.06. The molecule has 0 spiro atoms. The monoisotopic (exact) mass is 322 g/mol. The molecule has 0 bridgehead atoms. The van der Waals surface area contributed by atoms with Gasteiger partial charge in [0.1, 0.15) is 30.0 Å². The SMILES string of the molecule is C[C@@]1(O)[C@H](O)[C@@H](CO)O[C@@]1(C#N)c1ccc2n1NC(N)=NC2N. The Morgan fingerprint density at radius 1 is 1.57 bits per heavy atom. The number of hydrogen-bond acceptors (Lipinski definition) is 9. The molecular formula is C13H18N6O4. The number of rotatable bonds is 2. The number of nitrogens with zero attached hydrogens (tertiary/aromatic N) is 3. The van der Waals surface area contributed by atoms with Crippen molar-refractivity contribution in [1.82, 2.24) is 4.68 Å². The normalized spacial score (nSPS) is 39.3. The second-order valence-corrected chi connectivity index (χ2v) is 5.77. The zero-order valence-corrected chi connectivity index (χ0v) is 12.3. The first-order chi connectivity index (χ1) is 10.8. The fraction of sp³-hybridized carbons (Fsp3) is 0.538. The maximum absolute atomic E-state index is 10.7. The third-order valence-electron chi connectivity index (χ3n) is 4.39. The van der Waals surface area contributed by atoms with Gasteiger partial charge in [0, 0.05) is 0 Å². The van der Waals surface area contributed by atoms with Crippen LogP contribution in [-0.4, -0.2) is 50.4 Å². The predicted octanol–water partition coefficient (Wildman–Crippen LogP) is -2.46. The largest absolute Gasteiger partial charge is 0.394 e. The molecule has 23 heavy (non-hydrogen) atoms. The lowest BCUT2D eigenvalue weighted by atomic mass is 9.80. The highest BCUT2D eigenvalue weighted by Crippen LogP contribution is 2.47. The number of nitriles is 1. The van der Waals surface area contributed by atoms with E-state index < -0.39 is 36.2 Å². The second-order valence-electron chi connectivity index (χ2n) is 5.77. The Labute approximate surface area is 131 Å². The number of hydrogen-bond donors (Lipinski definition) is 6. The summed E-state index contributed by atoms with van der Waals surface area (Å²) in [4.78, 5) is 3.96. The number of aromatic nitrogens is 1. The first-order valence-electron chi connectivity index (χ1n) is 6.97. The van der Waals surface area contributed by atoms with E-state index in [4.69, 9.17) is 16.2 Å². The van der Waals surface area contributed by atoms with Crippen molar-refractivity contribution in [2.24, 2.45) is 16.5 Å². The third kappa shape index (κ3) is 1.89. The minimum atomic E-state index is -1.97. The Hall–Kier alpha value is -2.16. The van der Waals surface area contributed by atoms with Crippen molar-refractivity contribution in [2.75, 3.05) is 12.0 Å². The molecule has 0 radical (unpaired) electrons. The van der Waals surface area contributed by atoms with E-state index in [-0.39, 0.29) is 11.7 Å². The summed E-state index contributed by atoms with van der Waals surface area (Å²) in [5, 5.41) is 40.0. The number of fused-ring (bicyclic) bond motifs is 1. The van der Waals surface area contributed by atoms with Crippen LogP contribution in [0.1, 0.15) is 24.5 Å². The van der Waals surface area contributed by atoms with Gasteiger partial charge in [-0.1, -0.05) is 0 Å². The highest BCUT2D eigenvalue weighted by Gasteiger charge is 2.65. The lowest BCUT2D eigenvalue weighted by molar-refractivity contribution is -0.110. The molecule has 3 heterocycles. The summed E-state index contributed by atoms with van der Waals surface area (Å²) in [5.74, 6) is 0.0347. The van der Waals surface area contributed by atoms with Gasteiger partial charge in [0.2, 0.25) is 11.6 Å². The van der Waals surface area contributed by atoms with Gasteiger partial charge in [-0.3, -0.25) is 10.1 Å². The second kappa shape index (κ2) is 4.92. The topological polar surface area (TPSA) is 175 Å². The molecule has 10 nitrogen and oxygen atoms in total. The Morgan fingerprint density at radius 3 is 2.83 bits per heavy atom. The summed E-state index contributed by atoms with van der Waals surface area (Å²) in [6.45, 7) is 0.724. The fourth-order valence-electron chi connectivity index (χ4n) is 3.08. The van der Waals surface area contributed by atoms with Crippen LogP contribution >= 0.6 is 0 Å². The Balaban J connectivity index is 2.17. The average molecular weight is 322 g/mol. The van der Waals surface area contributed by atoms with E-state index >= 15 is 0 Å². The van der Waals surface area contributed by atoms with Gasteiger partial charge < -0.3 is 31.5 Å². The van der Waals surface area contributed by atoms with Crippen LogP contribution in [0.4, 0.5) is 0 Å². The molecule has 10 heteroatoms. The van der Waals surface area contributed by atoms with Gasteiger partial charge >= 0.3 is 0 Å². The van der Waals surface area contributed by atoms with Crippen LogP contribution in [0.5, 0.6) is 0 Å². The van der Waals surface area contributed by atoms with Gasteiger partial charge in [0.05, 0.1) is 18.0 Å². The van der Waals surface area contributed by atoms with E-state index in [1.165, 1.54) is 17.7 Å². The Kier molecular flexibility index (Phi) is 3.36. The van der Waals surface area contributed by atoms with Gasteiger partial charge in [-0.15, -0.1) is 0 Å². The molecule has 5 atom stereocenters. The van der Waals surface area contributed by atoms with Gasteiger partial charge in [0.15, 0.2) is 0 Å². The van der Waals surface area contributed by atoms with Crippen LogP contribution in [0.2, 0.25) is 0 Å². The zero-order chi connectivity index (χ0) is 17.0. The standard InChI is InChI=1S/C13H18N6O4/c1-12(22)9(21)7(4-20)23-13(12,5-14)8-3-2-6-10(15)17-11(16)18-19(6)8/h2-3,7,9-10,20-22H,4,15H2,1H3,(H3,16,17,18)/t7-,9-,10?,12-,13+/m1/s1. The number of nitrogens with two attached hydrogens (primary N) is 2. The lowest BCUT2D eigenvalue weighted by Crippen LogP contribution is -2.53. The molecule has 8 N–H and O–H groups in total. The highest BCUT2D eigenvalue weighted by molar-refractivity contribution is 5.86. The van der Waals surface area contributed by atoms with Crippen LogP contribution < -0.4 is 16.9 Å². The molecule has 0 saturated carbocycles. The number of nitrogens with one attached hydrogen (secondary N) is 1. The van der Waals surface area contributed by atoms with Crippen molar-refractivity contribution in [3.05, 3.63) is 23.5 Å². The first kappa shape index (κ1) is 15.7. The van der Waals surface area contributed by atoms with Gasteiger partial charge in [-0.25, -0.2) is 4.99 Å². The highest BCUT2D eigenvalue weighted by atomic mass is 16.6. The predicted molar refractivity (Wildman–Crippen MR) is 78.2 cm³/mol. The number of aliphatic hydroxyl groups excluding tert-OH is 2. The summed E-state index contributed by atoms with van der Waals surface area (Å²) in [5.41, 5.74) is 11.1. The van der Waals surface area contributed by atoms with Crippen LogP contribution in [0.3, 0.4) is 0 Å². The average Bonchev–Trinajstić information content (AvgIpc) is 2.99. The quantitative estimate of drug-likeness (QED) is 0.347. The summed E-state index contributed by atoms with van der Waals surface area (Å²) in [6.07, 6.45) is -3.31. The first-order valence-corrected chi connectivity index (χ1v) is 6.97. The van der Waals surface area contributed by atoms with Crippen molar-refractivity contribution >= 4 is 5.96 Å². The van der Waals surface area contributed by atoms with E-state index in [0.29, 0.717) is 5.69 Å². The molecule has 2 aliphatic rings. The van der Waals surface area contributed by atoms with Crippen molar-refractivity contribution in [3.63, 3.8) is 0 Å². The molecule has 2 aliphatic heterocycles. The maximum atomic E-state index is 10.7. The molecule has 1 aromatic heterocycles. The van der Waals surface area contributed by atoms with E-state index in [2.05, 4.69) is 10.4 Å². The van der Waals surface area contributed by atoms with Crippen molar-refractivity contribution in [1.29, 1.82) is 5.26 Å². The van der Waals surface area contributed by atoms with Crippen LogP contribution in [0, 0.1) is 11.3 Å². The molecule has 124 valence electrons. The minimum absolute atomic E-state index is 0.0347. The molecular weight excluding hydrogens is 304 g/mol. The maximum Gasteiger partial charge on any atom is 0.228 e. The van der Waals surface area contributed by atoms with Crippen LogP contribution in [0.25, 0.3) is 0 Å². The van der Waals surface area contributed by atoms with E-state index in [1.54, 1.807) is 6.07 Å². The fourth-order valence-corrected chi connectivity index (χ4v) is 3.08. The van der Waals surface area contributed by atoms with Crippen molar-refractivity contribution < 1.29 is 20.1 Å². The number of aliphatic imine (C=N–C) groups is 1. The molecule has 1 fully saturated rings. The van der Waals surface area contributed by atoms with E-state index in [9.17, 15) is 20.6 Å². The number of aliphatic hydroxyl groups is 3. The van der Waals surface area contributed by atoms with Gasteiger partial charge in [0.25, 0.3) is 0 Å². The molecule has 3 rings (SSSR count). The molecule has 1 saturated heterocycles. The van der Waals surface area contributed by atoms with Crippen molar-refractivity contribution in [2.45, 2.75) is 36.5 Å². The van der Waals surface area contributed by atoms with Crippen LogP contribution in [-0.2, 0) is 10.3 Å². The summed E-state index contributed by atoms with van der Waals surface area (Å²) in [7, 11) is 0. The molecule has 1 aromatic rings. The smallest absolute Gasteiger partial charge is 0.228 e. The Bertz CT molecular complexity index is 708. The van der Waals surface area contributed by atoms with Gasteiger partial charge in [-0.2, -0.15) is 5.26 Å². The lowest BCUT2D eigenvalue weighted by Gasteiger charge is -2.35. The third-order valence-corrected chi connectivity index (χ3v) is 4.39. The minimum Gasteiger partial charge on any atom is -0.394 e. The molecule has 0 aliphatic carbocycles. The zero-order valence-electron chi connectivity index (χ0n) is 12.3. The van der Waals surface area contributed by atoms with Gasteiger partial charge in [-0.05, 0) is 19.1 Å². The van der Waals surface area contributed by atoms with E-state index in [1.807, 2.05) is 6.07 Å². The van der Waals surface area contributed by atoms with Crippen LogP contribution in [0.15, 0.2) is 17.1 Å². The molecule has 0 aromatic carbocycles. The number of ether oxygens (including phenoxy) is 1.